The van der Waals surface area contributed by atoms with E-state index in [1.54, 1.807) is 4.90 Å². The maximum Gasteiger partial charge on any atom is 0.322 e. The number of carbonyl (C=O) groups is 1. The van der Waals surface area contributed by atoms with Crippen molar-refractivity contribution in [1.82, 2.24) is 15.0 Å². The van der Waals surface area contributed by atoms with Gasteiger partial charge in [-0.25, -0.2) is 4.79 Å². The number of hydrogen-bond acceptors (Lipinski definition) is 4. The highest BCUT2D eigenvalue weighted by Crippen LogP contribution is 2.32. The van der Waals surface area contributed by atoms with Crippen LogP contribution in [0.25, 0.3) is 11.4 Å². The molecule has 1 N–H and O–H groups in total. The zero-order valence-electron chi connectivity index (χ0n) is 13.9. The predicted molar refractivity (Wildman–Crippen MR) is 102 cm³/mol. The Balaban J connectivity index is 1.51. The molecule has 0 unspecified atom stereocenters. The maximum absolute atomic E-state index is 12.7. The number of rotatable bonds is 3. The Kier molecular flexibility index (Phi) is 4.71. The number of hydrogen-bond donors (Lipinski definition) is 1. The average molecular weight is 413 g/mol. The average Bonchev–Trinajstić information content (AvgIpc) is 3.32. The second-order valence-electron chi connectivity index (χ2n) is 6.11. The third kappa shape index (κ3) is 3.48. The van der Waals surface area contributed by atoms with Crippen molar-refractivity contribution in [3.63, 3.8) is 0 Å². The molecule has 1 fully saturated rings. The Bertz CT molecular complexity index is 913. The van der Waals surface area contributed by atoms with Gasteiger partial charge in [-0.3, -0.25) is 0 Å². The molecule has 0 bridgehead atoms. The Morgan fingerprint density at radius 2 is 2.04 bits per heavy atom. The van der Waals surface area contributed by atoms with Crippen LogP contribution in [0.3, 0.4) is 0 Å². The summed E-state index contributed by atoms with van der Waals surface area (Å²) in [7, 11) is 0. The van der Waals surface area contributed by atoms with Gasteiger partial charge < -0.3 is 14.7 Å². The number of amides is 2. The summed E-state index contributed by atoms with van der Waals surface area (Å²) in [5, 5.41) is 7.00. The largest absolute Gasteiger partial charge is 0.337 e. The minimum absolute atomic E-state index is 0.162. The van der Waals surface area contributed by atoms with Gasteiger partial charge in [0.05, 0.1) is 0 Å². The fourth-order valence-electron chi connectivity index (χ4n) is 3.10. The molecule has 1 atom stereocenters. The summed E-state index contributed by atoms with van der Waals surface area (Å²) in [6.07, 6.45) is 1.71. The highest BCUT2D eigenvalue weighted by atomic mass is 79.9. The minimum atomic E-state index is -0.202. The lowest BCUT2D eigenvalue weighted by atomic mass is 10.2. The summed E-state index contributed by atoms with van der Waals surface area (Å²) in [5.41, 5.74) is 1.64. The summed E-state index contributed by atoms with van der Waals surface area (Å²) in [6, 6.07) is 16.8. The molecule has 26 heavy (non-hydrogen) atoms. The molecule has 2 heterocycles. The lowest BCUT2D eigenvalue weighted by Crippen LogP contribution is -2.34. The molecule has 3 aromatic rings. The van der Waals surface area contributed by atoms with E-state index in [4.69, 9.17) is 4.52 Å². The van der Waals surface area contributed by atoms with Gasteiger partial charge in [0, 0.05) is 22.3 Å². The molecule has 132 valence electrons. The van der Waals surface area contributed by atoms with E-state index in [1.807, 2.05) is 54.6 Å². The van der Waals surface area contributed by atoms with E-state index < -0.39 is 0 Å². The molecule has 7 heteroatoms. The molecular formula is C19H17BrN4O2. The SMILES string of the molecule is O=C(Nc1cccc(Br)c1)N1CCC[C@@H]1c1nc(-c2ccccc2)no1. The Morgan fingerprint density at radius 1 is 1.19 bits per heavy atom. The van der Waals surface area contributed by atoms with Crippen LogP contribution >= 0.6 is 15.9 Å². The van der Waals surface area contributed by atoms with Gasteiger partial charge in [0.2, 0.25) is 11.7 Å². The smallest absolute Gasteiger partial charge is 0.322 e. The molecule has 0 spiro atoms. The summed E-state index contributed by atoms with van der Waals surface area (Å²) in [4.78, 5) is 19.0. The van der Waals surface area contributed by atoms with E-state index in [9.17, 15) is 4.79 Å². The van der Waals surface area contributed by atoms with Crippen LogP contribution in [0.1, 0.15) is 24.8 Å². The van der Waals surface area contributed by atoms with Gasteiger partial charge in [0.25, 0.3) is 0 Å². The maximum atomic E-state index is 12.7. The lowest BCUT2D eigenvalue weighted by molar-refractivity contribution is 0.193. The number of halogens is 1. The van der Waals surface area contributed by atoms with Crippen LogP contribution in [0, 0.1) is 0 Å². The summed E-state index contributed by atoms with van der Waals surface area (Å²) < 4.78 is 6.38. The predicted octanol–water partition coefficient (Wildman–Crippen LogP) is 4.87. The van der Waals surface area contributed by atoms with E-state index in [-0.39, 0.29) is 12.1 Å². The van der Waals surface area contributed by atoms with Crippen molar-refractivity contribution in [2.45, 2.75) is 18.9 Å². The van der Waals surface area contributed by atoms with Crippen LogP contribution in [0.5, 0.6) is 0 Å². The lowest BCUT2D eigenvalue weighted by Gasteiger charge is -2.22. The molecule has 1 saturated heterocycles. The number of likely N-dealkylation sites (tertiary alicyclic amines) is 1. The number of anilines is 1. The van der Waals surface area contributed by atoms with E-state index in [2.05, 4.69) is 31.4 Å². The Labute approximate surface area is 159 Å². The highest BCUT2D eigenvalue weighted by Gasteiger charge is 2.34. The molecule has 1 aromatic heterocycles. The number of urea groups is 1. The van der Waals surface area contributed by atoms with Gasteiger partial charge in [-0.05, 0) is 31.0 Å². The molecule has 0 radical (unpaired) electrons. The van der Waals surface area contributed by atoms with Crippen molar-refractivity contribution < 1.29 is 9.32 Å². The number of aromatic nitrogens is 2. The zero-order chi connectivity index (χ0) is 17.9. The summed E-state index contributed by atoms with van der Waals surface area (Å²) in [6.45, 7) is 0.660. The Morgan fingerprint density at radius 3 is 2.85 bits per heavy atom. The standard InChI is InChI=1S/C19H17BrN4O2/c20-14-8-4-9-15(12-14)21-19(25)24-11-5-10-16(24)18-22-17(23-26-18)13-6-2-1-3-7-13/h1-4,6-9,12,16H,5,10-11H2,(H,21,25)/t16-/m1/s1. The number of benzene rings is 2. The quantitative estimate of drug-likeness (QED) is 0.665. The minimum Gasteiger partial charge on any atom is -0.337 e. The first-order valence-electron chi connectivity index (χ1n) is 8.43. The molecule has 1 aliphatic rings. The van der Waals surface area contributed by atoms with E-state index in [0.717, 1.165) is 28.6 Å². The third-order valence-corrected chi connectivity index (χ3v) is 4.84. The van der Waals surface area contributed by atoms with Crippen LogP contribution in [0.15, 0.2) is 63.6 Å². The van der Waals surface area contributed by atoms with Gasteiger partial charge >= 0.3 is 6.03 Å². The third-order valence-electron chi connectivity index (χ3n) is 4.35. The monoisotopic (exact) mass is 412 g/mol. The molecule has 2 aromatic carbocycles. The molecular weight excluding hydrogens is 396 g/mol. The van der Waals surface area contributed by atoms with Crippen molar-refractivity contribution >= 4 is 27.6 Å². The topological polar surface area (TPSA) is 71.3 Å². The van der Waals surface area contributed by atoms with Gasteiger partial charge in [-0.15, -0.1) is 0 Å². The second-order valence-corrected chi connectivity index (χ2v) is 7.03. The molecule has 1 aliphatic heterocycles. The van der Waals surface area contributed by atoms with Gasteiger partial charge in [-0.1, -0.05) is 57.5 Å². The molecule has 4 rings (SSSR count). The summed E-state index contributed by atoms with van der Waals surface area (Å²) >= 11 is 3.41. The van der Waals surface area contributed by atoms with Gasteiger partial charge in [0.1, 0.15) is 6.04 Å². The van der Waals surface area contributed by atoms with Crippen LogP contribution in [-0.4, -0.2) is 27.6 Å². The van der Waals surface area contributed by atoms with E-state index in [1.165, 1.54) is 0 Å². The van der Waals surface area contributed by atoms with Gasteiger partial charge in [0.15, 0.2) is 0 Å². The van der Waals surface area contributed by atoms with E-state index >= 15 is 0 Å². The van der Waals surface area contributed by atoms with Crippen molar-refractivity contribution in [2.75, 3.05) is 11.9 Å². The highest BCUT2D eigenvalue weighted by molar-refractivity contribution is 9.10. The number of nitrogens with zero attached hydrogens (tertiary/aromatic N) is 3. The molecule has 6 nitrogen and oxygen atoms in total. The number of carbonyl (C=O) groups excluding carboxylic acids is 1. The normalized spacial score (nSPS) is 16.7. The zero-order valence-corrected chi connectivity index (χ0v) is 15.5. The van der Waals surface area contributed by atoms with E-state index in [0.29, 0.717) is 18.3 Å². The van der Waals surface area contributed by atoms with Crippen molar-refractivity contribution in [3.05, 3.63) is 65.0 Å². The molecule has 0 aliphatic carbocycles. The first-order valence-corrected chi connectivity index (χ1v) is 9.22. The Hall–Kier alpha value is -2.67. The van der Waals surface area contributed by atoms with Crippen LogP contribution in [-0.2, 0) is 0 Å². The summed E-state index contributed by atoms with van der Waals surface area (Å²) in [5.74, 6) is 1.02. The number of nitrogens with one attached hydrogen (secondary N) is 1. The van der Waals surface area contributed by atoms with Crippen molar-refractivity contribution in [3.8, 4) is 11.4 Å². The fraction of sp³-hybridized carbons (Fsp3) is 0.211. The van der Waals surface area contributed by atoms with Crippen molar-refractivity contribution in [2.24, 2.45) is 0 Å². The van der Waals surface area contributed by atoms with Crippen molar-refractivity contribution in [1.29, 1.82) is 0 Å². The van der Waals surface area contributed by atoms with Gasteiger partial charge in [-0.2, -0.15) is 4.98 Å². The fourth-order valence-corrected chi connectivity index (χ4v) is 3.50. The first kappa shape index (κ1) is 16.8. The van der Waals surface area contributed by atoms with Crippen LogP contribution in [0.4, 0.5) is 10.5 Å². The molecule has 0 saturated carbocycles. The second kappa shape index (κ2) is 7.29. The van der Waals surface area contributed by atoms with Crippen LogP contribution in [0.2, 0.25) is 0 Å². The first-order chi connectivity index (χ1) is 12.7. The molecule has 2 amide bonds. The van der Waals surface area contributed by atoms with Crippen LogP contribution < -0.4 is 5.32 Å².